The largest absolute Gasteiger partial charge is 0.443 e. The topological polar surface area (TPSA) is 141 Å². The second-order valence-corrected chi connectivity index (χ2v) is 13.7. The third kappa shape index (κ3) is 6.92. The van der Waals surface area contributed by atoms with E-state index < -0.39 is 11.2 Å². The van der Waals surface area contributed by atoms with Gasteiger partial charge in [-0.15, -0.1) is 0 Å². The van der Waals surface area contributed by atoms with E-state index in [1.807, 2.05) is 76.4 Å². The predicted molar refractivity (Wildman–Crippen MR) is 185 cm³/mol. The Morgan fingerprint density at radius 3 is 1.83 bits per heavy atom. The average Bonchev–Trinajstić information content (AvgIpc) is 3.77. The molecule has 2 N–H and O–H groups in total. The van der Waals surface area contributed by atoms with Crippen LogP contribution in [0.3, 0.4) is 0 Å². The van der Waals surface area contributed by atoms with Gasteiger partial charge in [0, 0.05) is 49.0 Å². The van der Waals surface area contributed by atoms with Gasteiger partial charge in [0.1, 0.15) is 35.3 Å². The molecule has 0 radical (unpaired) electrons. The van der Waals surface area contributed by atoms with Crippen molar-refractivity contribution in [1.29, 1.82) is 0 Å². The summed E-state index contributed by atoms with van der Waals surface area (Å²) in [6, 6.07) is 12.1. The molecule has 0 saturated carbocycles. The number of hydrogen-bond donors (Lipinski definition) is 1. The van der Waals surface area contributed by atoms with Gasteiger partial charge in [0.05, 0.1) is 11.4 Å². The summed E-state index contributed by atoms with van der Waals surface area (Å²) >= 11 is 0. The van der Waals surface area contributed by atoms with Crippen LogP contribution < -0.4 is 15.5 Å². The molecule has 0 unspecified atom stereocenters. The van der Waals surface area contributed by atoms with Crippen molar-refractivity contribution in [1.82, 2.24) is 24.3 Å². The van der Waals surface area contributed by atoms with Gasteiger partial charge in [-0.25, -0.2) is 29.5 Å². The number of aromatic nitrogens is 5. The molecule has 0 saturated heterocycles. The van der Waals surface area contributed by atoms with Gasteiger partial charge in [0.15, 0.2) is 0 Å². The molecule has 248 valence electrons. The van der Waals surface area contributed by atoms with Crippen LogP contribution >= 0.6 is 0 Å². The number of ether oxygens (including phenoxy) is 2. The van der Waals surface area contributed by atoms with Crippen molar-refractivity contribution in [2.75, 3.05) is 28.6 Å². The van der Waals surface area contributed by atoms with Gasteiger partial charge in [-0.1, -0.05) is 24.3 Å². The molecule has 0 bridgehead atoms. The number of benzene rings is 2. The standard InChI is InChI=1S/C19H20N4O2.C17H20N4O2/c1-19(2,3)25-18(24)23-8-6-13-4-5-14(10-16(13)23)15-11-20-12-22-9-7-21-17(15)22;1-17(2,3)23-16(22)21-7-6-11-4-5-12(8-14(11)21)13-9-19-10-20-15(13)18/h4-5,7,9-12H,6,8H2,1-3H3;4-5,8-10H,6-7H2,1-3H3,(H2,18,19,20). The Bertz CT molecular complexity index is 1990. The molecule has 12 heteroatoms. The van der Waals surface area contributed by atoms with Gasteiger partial charge < -0.3 is 15.2 Å². The van der Waals surface area contributed by atoms with Gasteiger partial charge in [-0.2, -0.15) is 0 Å². The number of hydrogen-bond acceptors (Lipinski definition) is 9. The van der Waals surface area contributed by atoms with Gasteiger partial charge in [0.25, 0.3) is 0 Å². The summed E-state index contributed by atoms with van der Waals surface area (Å²) < 4.78 is 12.9. The van der Waals surface area contributed by atoms with Gasteiger partial charge >= 0.3 is 12.2 Å². The number of nitrogens with two attached hydrogens (primary N) is 1. The number of rotatable bonds is 2. The molecular weight excluding hydrogens is 608 g/mol. The van der Waals surface area contributed by atoms with Crippen LogP contribution in [-0.4, -0.2) is 60.8 Å². The van der Waals surface area contributed by atoms with Crippen LogP contribution in [0, 0.1) is 0 Å². The Hall–Kier alpha value is -5.52. The average molecular weight is 649 g/mol. The first kappa shape index (κ1) is 32.4. The molecule has 48 heavy (non-hydrogen) atoms. The second-order valence-electron chi connectivity index (χ2n) is 13.7. The summed E-state index contributed by atoms with van der Waals surface area (Å²) in [4.78, 5) is 45.0. The maximum atomic E-state index is 12.5. The van der Waals surface area contributed by atoms with Gasteiger partial charge in [-0.05, 0) is 88.8 Å². The molecule has 3 aromatic heterocycles. The number of carbonyl (C=O) groups excluding carboxylic acids is 2. The first-order chi connectivity index (χ1) is 22.8. The molecule has 5 aromatic rings. The Morgan fingerprint density at radius 2 is 1.29 bits per heavy atom. The lowest BCUT2D eigenvalue weighted by Crippen LogP contribution is -2.35. The van der Waals surface area contributed by atoms with Crippen molar-refractivity contribution in [2.45, 2.75) is 65.6 Å². The molecule has 0 aliphatic carbocycles. The zero-order valence-electron chi connectivity index (χ0n) is 28.1. The molecule has 7 rings (SSSR count). The van der Waals surface area contributed by atoms with E-state index in [9.17, 15) is 9.59 Å². The fourth-order valence-electron chi connectivity index (χ4n) is 5.72. The lowest BCUT2D eigenvalue weighted by atomic mass is 10.0. The number of anilines is 3. The van der Waals surface area contributed by atoms with Crippen LogP contribution in [0.15, 0.2) is 73.8 Å². The normalized spacial score (nSPS) is 13.9. The number of nitrogen functional groups attached to an aromatic ring is 1. The highest BCUT2D eigenvalue weighted by Gasteiger charge is 2.30. The Labute approximate surface area is 279 Å². The van der Waals surface area contributed by atoms with Crippen LogP contribution in [0.25, 0.3) is 27.9 Å². The zero-order valence-corrected chi connectivity index (χ0v) is 28.1. The van der Waals surface area contributed by atoms with E-state index in [0.717, 1.165) is 63.2 Å². The van der Waals surface area contributed by atoms with E-state index in [2.05, 4.69) is 32.1 Å². The highest BCUT2D eigenvalue weighted by molar-refractivity contribution is 5.93. The quantitative estimate of drug-likeness (QED) is 0.221. The van der Waals surface area contributed by atoms with Crippen molar-refractivity contribution in [3.63, 3.8) is 0 Å². The SMILES string of the molecule is CC(C)(C)OC(=O)N1CCc2ccc(-c3cncn4ccnc34)cc21.CC(C)(C)OC(=O)N1CCc2ccc(-c3cncnc3N)cc21. The monoisotopic (exact) mass is 648 g/mol. The first-order valence-electron chi connectivity index (χ1n) is 15.9. The van der Waals surface area contributed by atoms with Crippen molar-refractivity contribution in [3.05, 3.63) is 85.0 Å². The minimum atomic E-state index is -0.519. The molecule has 5 heterocycles. The summed E-state index contributed by atoms with van der Waals surface area (Å²) in [6.45, 7) is 12.5. The van der Waals surface area contributed by atoms with Crippen LogP contribution in [0.4, 0.5) is 26.8 Å². The lowest BCUT2D eigenvalue weighted by Gasteiger charge is -2.25. The summed E-state index contributed by atoms with van der Waals surface area (Å²) in [5, 5.41) is 0. The number of nitrogens with zero attached hydrogens (tertiary/aromatic N) is 7. The summed E-state index contributed by atoms with van der Waals surface area (Å²) in [5.41, 5.74) is 13.3. The lowest BCUT2D eigenvalue weighted by molar-refractivity contribution is 0.0573. The molecule has 12 nitrogen and oxygen atoms in total. The van der Waals surface area contributed by atoms with E-state index in [4.69, 9.17) is 15.2 Å². The fraction of sp³-hybridized carbons (Fsp3) is 0.333. The van der Waals surface area contributed by atoms with Gasteiger partial charge in [0.2, 0.25) is 0 Å². The smallest absolute Gasteiger partial charge is 0.414 e. The summed E-state index contributed by atoms with van der Waals surface area (Å²) in [7, 11) is 0. The number of carbonyl (C=O) groups is 2. The minimum Gasteiger partial charge on any atom is -0.443 e. The molecule has 2 aliphatic rings. The molecule has 0 fully saturated rings. The van der Waals surface area contributed by atoms with Crippen molar-refractivity contribution < 1.29 is 19.1 Å². The van der Waals surface area contributed by atoms with E-state index in [-0.39, 0.29) is 12.2 Å². The third-order valence-electron chi connectivity index (χ3n) is 7.86. The highest BCUT2D eigenvalue weighted by Crippen LogP contribution is 2.36. The Morgan fingerprint density at radius 1 is 0.750 bits per heavy atom. The molecular formula is C36H40N8O4. The molecule has 0 spiro atoms. The first-order valence-corrected chi connectivity index (χ1v) is 15.9. The Kier molecular flexibility index (Phi) is 8.50. The minimum absolute atomic E-state index is 0.305. The molecule has 2 aromatic carbocycles. The number of fused-ring (bicyclic) bond motifs is 3. The van der Waals surface area contributed by atoms with Crippen LogP contribution in [0.1, 0.15) is 52.7 Å². The summed E-state index contributed by atoms with van der Waals surface area (Å²) in [5.74, 6) is 0.418. The molecule has 2 aliphatic heterocycles. The van der Waals surface area contributed by atoms with E-state index in [1.165, 1.54) is 6.33 Å². The van der Waals surface area contributed by atoms with E-state index in [0.29, 0.717) is 18.9 Å². The number of amides is 2. The van der Waals surface area contributed by atoms with Crippen molar-refractivity contribution >= 4 is 35.0 Å². The maximum Gasteiger partial charge on any atom is 0.414 e. The number of imidazole rings is 1. The highest BCUT2D eigenvalue weighted by atomic mass is 16.6. The van der Waals surface area contributed by atoms with Gasteiger partial charge in [-0.3, -0.25) is 14.2 Å². The fourth-order valence-corrected chi connectivity index (χ4v) is 5.72. The second kappa shape index (κ2) is 12.6. The Balaban J connectivity index is 0.000000168. The summed E-state index contributed by atoms with van der Waals surface area (Å²) in [6.07, 6.45) is 11.3. The van der Waals surface area contributed by atoms with Crippen LogP contribution in [-0.2, 0) is 22.3 Å². The molecule has 2 amide bonds. The van der Waals surface area contributed by atoms with Crippen LogP contribution in [0.5, 0.6) is 0 Å². The van der Waals surface area contributed by atoms with Crippen LogP contribution in [0.2, 0.25) is 0 Å². The third-order valence-corrected chi connectivity index (χ3v) is 7.86. The van der Waals surface area contributed by atoms with Crippen molar-refractivity contribution in [3.8, 4) is 22.3 Å². The molecule has 0 atom stereocenters. The van der Waals surface area contributed by atoms with Crippen molar-refractivity contribution in [2.24, 2.45) is 0 Å². The van der Waals surface area contributed by atoms with E-state index >= 15 is 0 Å². The van der Waals surface area contributed by atoms with E-state index in [1.54, 1.807) is 34.7 Å². The maximum absolute atomic E-state index is 12.5. The predicted octanol–water partition coefficient (Wildman–Crippen LogP) is 6.72. The zero-order chi connectivity index (χ0) is 34.2.